The summed E-state index contributed by atoms with van der Waals surface area (Å²) in [4.78, 5) is 26.0. The molecular weight excluding hydrogens is 334 g/mol. The van der Waals surface area contributed by atoms with Crippen molar-refractivity contribution in [1.29, 1.82) is 0 Å². The first-order chi connectivity index (χ1) is 11.9. The monoisotopic (exact) mass is 352 g/mol. The molecule has 0 bridgehead atoms. The number of benzene rings is 1. The van der Waals surface area contributed by atoms with E-state index in [1.807, 2.05) is 0 Å². The van der Waals surface area contributed by atoms with Crippen LogP contribution in [0.25, 0.3) is 0 Å². The molecule has 1 aliphatic rings. The summed E-state index contributed by atoms with van der Waals surface area (Å²) >= 11 is 0. The highest BCUT2D eigenvalue weighted by atomic mass is 19.3. The zero-order valence-electron chi connectivity index (χ0n) is 13.8. The van der Waals surface area contributed by atoms with Crippen LogP contribution in [-0.4, -0.2) is 37.2 Å². The third-order valence-corrected chi connectivity index (χ3v) is 3.76. The number of allylic oxidation sites excluding steroid dienone is 1. The average Bonchev–Trinajstić information content (AvgIpc) is 2.57. The van der Waals surface area contributed by atoms with Gasteiger partial charge in [0.05, 0.1) is 18.7 Å². The van der Waals surface area contributed by atoms with E-state index in [9.17, 15) is 18.4 Å². The second-order valence-electron chi connectivity index (χ2n) is 5.19. The molecule has 1 atom stereocenters. The number of hydrogen-bond acceptors (Lipinski definition) is 4. The molecule has 0 spiro atoms. The number of methoxy groups -OCH3 is 1. The number of ether oxygens (including phenoxy) is 2. The summed E-state index contributed by atoms with van der Waals surface area (Å²) in [6.07, 6.45) is 1.51. The zero-order valence-corrected chi connectivity index (χ0v) is 13.8. The van der Waals surface area contributed by atoms with Gasteiger partial charge >= 0.3 is 18.6 Å². The van der Waals surface area contributed by atoms with Crippen molar-refractivity contribution in [2.24, 2.45) is 0 Å². The molecule has 0 saturated heterocycles. The van der Waals surface area contributed by atoms with E-state index in [1.165, 1.54) is 36.3 Å². The van der Waals surface area contributed by atoms with Crippen molar-refractivity contribution in [3.8, 4) is 5.75 Å². The van der Waals surface area contributed by atoms with Gasteiger partial charge in [-0.15, -0.1) is 6.58 Å². The summed E-state index contributed by atoms with van der Waals surface area (Å²) in [6, 6.07) is 4.50. The normalized spacial score (nSPS) is 17.4. The second kappa shape index (κ2) is 7.78. The van der Waals surface area contributed by atoms with Crippen molar-refractivity contribution < 1.29 is 27.8 Å². The third kappa shape index (κ3) is 3.78. The smallest absolute Gasteiger partial charge is 0.387 e. The molecule has 1 N–H and O–H groups in total. The van der Waals surface area contributed by atoms with Crippen LogP contribution in [0.1, 0.15) is 18.5 Å². The number of amides is 2. The van der Waals surface area contributed by atoms with Gasteiger partial charge in [0.25, 0.3) is 0 Å². The molecule has 1 aliphatic heterocycles. The molecule has 0 fully saturated rings. The van der Waals surface area contributed by atoms with E-state index in [-0.39, 0.29) is 23.4 Å². The van der Waals surface area contributed by atoms with Crippen LogP contribution < -0.4 is 10.1 Å². The Morgan fingerprint density at radius 2 is 2.12 bits per heavy atom. The van der Waals surface area contributed by atoms with E-state index in [1.54, 1.807) is 13.0 Å². The molecule has 2 amide bonds. The third-order valence-electron chi connectivity index (χ3n) is 3.76. The highest BCUT2D eigenvalue weighted by Gasteiger charge is 2.37. The SMILES string of the molecule is C=CCN1C(=O)N[C@@H](c2ccccc2OC(F)F)C(C(=O)OC)=C1C. The number of esters is 1. The summed E-state index contributed by atoms with van der Waals surface area (Å²) in [6.45, 7) is 2.30. The van der Waals surface area contributed by atoms with Crippen LogP contribution in [0.5, 0.6) is 5.75 Å². The molecule has 1 aromatic rings. The molecule has 8 heteroatoms. The van der Waals surface area contributed by atoms with Crippen molar-refractivity contribution in [2.45, 2.75) is 19.6 Å². The minimum atomic E-state index is -3.04. The summed E-state index contributed by atoms with van der Waals surface area (Å²) in [5, 5.41) is 2.63. The van der Waals surface area contributed by atoms with Gasteiger partial charge in [-0.1, -0.05) is 24.3 Å². The van der Waals surface area contributed by atoms with Gasteiger partial charge in [-0.25, -0.2) is 9.59 Å². The minimum absolute atomic E-state index is 0.130. The standard InChI is InChI=1S/C17H18F2N2O4/c1-4-9-21-10(2)13(15(22)24-3)14(20-17(21)23)11-7-5-6-8-12(11)25-16(18)19/h4-8,14,16H,1,9H2,2-3H3,(H,20,23)/t14-/m0/s1. The lowest BCUT2D eigenvalue weighted by Crippen LogP contribution is -2.48. The number of carbonyl (C=O) groups is 2. The van der Waals surface area contributed by atoms with Gasteiger partial charge < -0.3 is 14.8 Å². The maximum absolute atomic E-state index is 12.7. The van der Waals surface area contributed by atoms with Gasteiger partial charge in [0, 0.05) is 17.8 Å². The van der Waals surface area contributed by atoms with Crippen molar-refractivity contribution in [3.63, 3.8) is 0 Å². The topological polar surface area (TPSA) is 67.9 Å². The predicted octanol–water partition coefficient (Wildman–Crippen LogP) is 2.99. The summed E-state index contributed by atoms with van der Waals surface area (Å²) in [5.74, 6) is -0.808. The molecule has 0 saturated carbocycles. The fourth-order valence-electron chi connectivity index (χ4n) is 2.66. The largest absolute Gasteiger partial charge is 0.466 e. The Morgan fingerprint density at radius 3 is 2.72 bits per heavy atom. The molecule has 0 unspecified atom stereocenters. The minimum Gasteiger partial charge on any atom is -0.466 e. The molecule has 2 rings (SSSR count). The van der Waals surface area contributed by atoms with Crippen LogP contribution in [0, 0.1) is 0 Å². The number of alkyl halides is 2. The lowest BCUT2D eigenvalue weighted by Gasteiger charge is -2.35. The summed E-state index contributed by atoms with van der Waals surface area (Å²) < 4.78 is 34.7. The Bertz CT molecular complexity index is 718. The summed E-state index contributed by atoms with van der Waals surface area (Å²) in [5.41, 5.74) is 0.718. The average molecular weight is 352 g/mol. The van der Waals surface area contributed by atoms with Gasteiger partial charge in [0.1, 0.15) is 5.75 Å². The zero-order chi connectivity index (χ0) is 18.6. The first kappa shape index (κ1) is 18.4. The van der Waals surface area contributed by atoms with Crippen molar-refractivity contribution in [3.05, 3.63) is 53.8 Å². The van der Waals surface area contributed by atoms with Crippen molar-refractivity contribution >= 4 is 12.0 Å². The maximum atomic E-state index is 12.7. The van der Waals surface area contributed by atoms with E-state index in [4.69, 9.17) is 4.74 Å². The number of halogens is 2. The van der Waals surface area contributed by atoms with Gasteiger partial charge in [0.15, 0.2) is 0 Å². The van der Waals surface area contributed by atoms with Gasteiger partial charge in [0.2, 0.25) is 0 Å². The molecule has 6 nitrogen and oxygen atoms in total. The van der Waals surface area contributed by atoms with Gasteiger partial charge in [-0.3, -0.25) is 4.90 Å². The van der Waals surface area contributed by atoms with E-state index >= 15 is 0 Å². The molecule has 134 valence electrons. The molecule has 0 radical (unpaired) electrons. The van der Waals surface area contributed by atoms with Crippen molar-refractivity contribution in [2.75, 3.05) is 13.7 Å². The van der Waals surface area contributed by atoms with Gasteiger partial charge in [-0.2, -0.15) is 8.78 Å². The lowest BCUT2D eigenvalue weighted by molar-refractivity contribution is -0.136. The van der Waals surface area contributed by atoms with Crippen LogP contribution in [0.2, 0.25) is 0 Å². The molecule has 1 aromatic carbocycles. The highest BCUT2D eigenvalue weighted by molar-refractivity contribution is 5.95. The van der Waals surface area contributed by atoms with E-state index in [2.05, 4.69) is 16.6 Å². The number of nitrogens with zero attached hydrogens (tertiary/aromatic N) is 1. The molecule has 1 heterocycles. The quantitative estimate of drug-likeness (QED) is 0.631. The number of para-hydroxylation sites is 1. The number of nitrogens with one attached hydrogen (secondary N) is 1. The first-order valence-electron chi connectivity index (χ1n) is 7.42. The van der Waals surface area contributed by atoms with E-state index < -0.39 is 24.7 Å². The Morgan fingerprint density at radius 1 is 1.44 bits per heavy atom. The van der Waals surface area contributed by atoms with Crippen LogP contribution in [0.15, 0.2) is 48.2 Å². The fraction of sp³-hybridized carbons (Fsp3) is 0.294. The molecule has 0 aromatic heterocycles. The number of hydrogen-bond donors (Lipinski definition) is 1. The maximum Gasteiger partial charge on any atom is 0.387 e. The Balaban J connectivity index is 2.58. The Kier molecular flexibility index (Phi) is 5.74. The van der Waals surface area contributed by atoms with Gasteiger partial charge in [-0.05, 0) is 13.0 Å². The molecule has 25 heavy (non-hydrogen) atoms. The highest BCUT2D eigenvalue weighted by Crippen LogP contribution is 2.36. The Hall–Kier alpha value is -2.90. The number of carbonyl (C=O) groups excluding carboxylic acids is 2. The first-order valence-corrected chi connectivity index (χ1v) is 7.42. The van der Waals surface area contributed by atoms with Crippen LogP contribution in [-0.2, 0) is 9.53 Å². The molecule has 0 aliphatic carbocycles. The number of rotatable bonds is 6. The summed E-state index contributed by atoms with van der Waals surface area (Å²) in [7, 11) is 1.20. The van der Waals surface area contributed by atoms with E-state index in [0.29, 0.717) is 5.70 Å². The van der Waals surface area contributed by atoms with Crippen LogP contribution >= 0.6 is 0 Å². The van der Waals surface area contributed by atoms with E-state index in [0.717, 1.165) is 0 Å². The van der Waals surface area contributed by atoms with Crippen molar-refractivity contribution in [1.82, 2.24) is 10.2 Å². The number of urea groups is 1. The second-order valence-corrected chi connectivity index (χ2v) is 5.19. The van der Waals surface area contributed by atoms with Crippen LogP contribution in [0.4, 0.5) is 13.6 Å². The Labute approximate surface area is 143 Å². The lowest BCUT2D eigenvalue weighted by atomic mass is 9.94. The fourth-order valence-corrected chi connectivity index (χ4v) is 2.66. The predicted molar refractivity (Wildman–Crippen MR) is 86.0 cm³/mol. The molecular formula is C17H18F2N2O4. The van der Waals surface area contributed by atoms with Crippen LogP contribution in [0.3, 0.4) is 0 Å².